The Kier molecular flexibility index (Phi) is 2.36. The summed E-state index contributed by atoms with van der Waals surface area (Å²) in [6.07, 6.45) is 2.97. The van der Waals surface area contributed by atoms with E-state index in [1.54, 1.807) is 0 Å². The van der Waals surface area contributed by atoms with Crippen molar-refractivity contribution in [1.82, 2.24) is 20.7 Å². The van der Waals surface area contributed by atoms with Gasteiger partial charge in [-0.15, -0.1) is 10.2 Å². The highest BCUT2D eigenvalue weighted by molar-refractivity contribution is 6.02. The number of H-pyrrole nitrogens is 1. The van der Waals surface area contributed by atoms with E-state index in [0.29, 0.717) is 0 Å². The third-order valence-corrected chi connectivity index (χ3v) is 2.41. The van der Waals surface area contributed by atoms with Crippen LogP contribution in [0.25, 0.3) is 0 Å². The average molecular weight is 210 g/mol. The van der Waals surface area contributed by atoms with E-state index in [1.165, 1.54) is 0 Å². The van der Waals surface area contributed by atoms with Crippen LogP contribution >= 0.6 is 0 Å². The Labute approximate surface area is 84.9 Å². The number of amides is 1. The summed E-state index contributed by atoms with van der Waals surface area (Å²) in [6.45, 7) is 0. The van der Waals surface area contributed by atoms with Gasteiger partial charge in [0.15, 0.2) is 5.69 Å². The van der Waals surface area contributed by atoms with E-state index in [0.717, 1.165) is 19.3 Å². The maximum atomic E-state index is 11.5. The molecule has 80 valence electrons. The minimum absolute atomic E-state index is 0.149. The average Bonchev–Trinajstić information content (AvgIpc) is 2.59. The van der Waals surface area contributed by atoms with E-state index in [9.17, 15) is 9.59 Å². The second kappa shape index (κ2) is 3.68. The molecule has 0 atom stereocenters. The Hall–Kier alpha value is -1.92. The summed E-state index contributed by atoms with van der Waals surface area (Å²) in [5, 5.41) is 20.4. The first kappa shape index (κ1) is 9.63. The zero-order valence-corrected chi connectivity index (χ0v) is 7.86. The van der Waals surface area contributed by atoms with E-state index in [4.69, 9.17) is 5.11 Å². The van der Waals surface area contributed by atoms with Crippen LogP contribution in [0.5, 0.6) is 0 Å². The molecule has 1 aliphatic rings. The molecule has 3 N–H and O–H groups in total. The summed E-state index contributed by atoms with van der Waals surface area (Å²) in [7, 11) is 0. The van der Waals surface area contributed by atoms with E-state index < -0.39 is 11.9 Å². The Morgan fingerprint density at radius 1 is 1.33 bits per heavy atom. The monoisotopic (exact) mass is 210 g/mol. The molecule has 1 aromatic heterocycles. The molecule has 0 aromatic carbocycles. The fourth-order valence-electron chi connectivity index (χ4n) is 1.34. The highest BCUT2D eigenvalue weighted by Crippen LogP contribution is 2.18. The second-order valence-corrected chi connectivity index (χ2v) is 3.43. The summed E-state index contributed by atoms with van der Waals surface area (Å²) in [4.78, 5) is 22.2. The van der Waals surface area contributed by atoms with Crippen LogP contribution in [0.3, 0.4) is 0 Å². The SMILES string of the molecule is O=C(O)c1n[nH]nc1C(=O)NC1CCC1. The third kappa shape index (κ3) is 1.80. The predicted octanol–water partition coefficient (Wildman–Crippen LogP) is -0.215. The molecule has 0 unspecified atom stereocenters. The number of nitrogens with zero attached hydrogens (tertiary/aromatic N) is 2. The molecule has 0 spiro atoms. The fraction of sp³-hybridized carbons (Fsp3) is 0.500. The fourth-order valence-corrected chi connectivity index (χ4v) is 1.34. The van der Waals surface area contributed by atoms with Gasteiger partial charge in [-0.05, 0) is 19.3 Å². The van der Waals surface area contributed by atoms with Crippen molar-refractivity contribution in [3.8, 4) is 0 Å². The molecule has 0 bridgehead atoms. The molecule has 1 saturated carbocycles. The van der Waals surface area contributed by atoms with Gasteiger partial charge in [-0.3, -0.25) is 4.79 Å². The normalized spacial score (nSPS) is 15.7. The molecule has 15 heavy (non-hydrogen) atoms. The maximum absolute atomic E-state index is 11.5. The summed E-state index contributed by atoms with van der Waals surface area (Å²) < 4.78 is 0. The number of aromatic amines is 1. The van der Waals surface area contributed by atoms with Gasteiger partial charge in [0.1, 0.15) is 0 Å². The van der Waals surface area contributed by atoms with Gasteiger partial charge in [-0.1, -0.05) is 0 Å². The number of carbonyl (C=O) groups excluding carboxylic acids is 1. The van der Waals surface area contributed by atoms with Gasteiger partial charge in [0, 0.05) is 6.04 Å². The largest absolute Gasteiger partial charge is 0.476 e. The van der Waals surface area contributed by atoms with Crippen LogP contribution in [0.15, 0.2) is 0 Å². The highest BCUT2D eigenvalue weighted by atomic mass is 16.4. The lowest BCUT2D eigenvalue weighted by molar-refractivity contribution is 0.0683. The summed E-state index contributed by atoms with van der Waals surface area (Å²) in [5.41, 5.74) is -0.499. The molecular formula is C8H10N4O3. The lowest BCUT2D eigenvalue weighted by Gasteiger charge is -2.25. The molecule has 0 aliphatic heterocycles. The zero-order valence-electron chi connectivity index (χ0n) is 7.86. The van der Waals surface area contributed by atoms with E-state index in [1.807, 2.05) is 0 Å². The molecule has 0 saturated heterocycles. The first-order valence-electron chi connectivity index (χ1n) is 4.63. The van der Waals surface area contributed by atoms with E-state index >= 15 is 0 Å². The molecule has 1 aromatic rings. The van der Waals surface area contributed by atoms with Gasteiger partial charge < -0.3 is 10.4 Å². The number of nitrogens with one attached hydrogen (secondary N) is 2. The van der Waals surface area contributed by atoms with Gasteiger partial charge in [0.2, 0.25) is 5.69 Å². The Morgan fingerprint density at radius 2 is 2.00 bits per heavy atom. The van der Waals surface area contributed by atoms with E-state index in [2.05, 4.69) is 20.7 Å². The van der Waals surface area contributed by atoms with Crippen molar-refractivity contribution in [3.63, 3.8) is 0 Å². The topological polar surface area (TPSA) is 108 Å². The Bertz CT molecular complexity index is 396. The molecule has 1 heterocycles. The van der Waals surface area contributed by atoms with Crippen LogP contribution in [0, 0.1) is 0 Å². The number of aromatic nitrogens is 3. The lowest BCUT2D eigenvalue weighted by Crippen LogP contribution is -2.40. The molecule has 2 rings (SSSR count). The summed E-state index contributed by atoms with van der Waals surface area (Å²) in [5.74, 6) is -1.74. The number of carboxylic acid groups (broad SMARTS) is 1. The number of carbonyl (C=O) groups is 2. The van der Waals surface area contributed by atoms with Crippen LogP contribution in [-0.2, 0) is 0 Å². The number of carboxylic acids is 1. The zero-order chi connectivity index (χ0) is 10.8. The first-order chi connectivity index (χ1) is 7.18. The van der Waals surface area contributed by atoms with Crippen molar-refractivity contribution in [2.75, 3.05) is 0 Å². The van der Waals surface area contributed by atoms with Gasteiger partial charge in [0.25, 0.3) is 5.91 Å². The second-order valence-electron chi connectivity index (χ2n) is 3.43. The molecular weight excluding hydrogens is 200 g/mol. The Morgan fingerprint density at radius 3 is 2.53 bits per heavy atom. The van der Waals surface area contributed by atoms with Crippen molar-refractivity contribution < 1.29 is 14.7 Å². The van der Waals surface area contributed by atoms with Crippen LogP contribution in [0.1, 0.15) is 40.2 Å². The lowest BCUT2D eigenvalue weighted by atomic mass is 9.93. The number of hydrogen-bond acceptors (Lipinski definition) is 4. The minimum atomic E-state index is -1.26. The van der Waals surface area contributed by atoms with Gasteiger partial charge >= 0.3 is 5.97 Å². The molecule has 7 heteroatoms. The molecule has 1 aliphatic carbocycles. The molecule has 1 amide bonds. The number of aromatic carboxylic acids is 1. The summed E-state index contributed by atoms with van der Waals surface area (Å²) >= 11 is 0. The van der Waals surface area contributed by atoms with Gasteiger partial charge in [0.05, 0.1) is 0 Å². The minimum Gasteiger partial charge on any atom is -0.476 e. The highest BCUT2D eigenvalue weighted by Gasteiger charge is 2.25. The Balaban J connectivity index is 2.10. The van der Waals surface area contributed by atoms with Crippen molar-refractivity contribution in [2.24, 2.45) is 0 Å². The number of rotatable bonds is 3. The van der Waals surface area contributed by atoms with Gasteiger partial charge in [-0.25, -0.2) is 4.79 Å². The van der Waals surface area contributed by atoms with Crippen LogP contribution in [-0.4, -0.2) is 38.4 Å². The third-order valence-electron chi connectivity index (χ3n) is 2.41. The predicted molar refractivity (Wildman–Crippen MR) is 48.4 cm³/mol. The van der Waals surface area contributed by atoms with E-state index in [-0.39, 0.29) is 17.4 Å². The molecule has 7 nitrogen and oxygen atoms in total. The first-order valence-corrected chi connectivity index (χ1v) is 4.63. The maximum Gasteiger partial charge on any atom is 0.358 e. The van der Waals surface area contributed by atoms with Crippen molar-refractivity contribution in [3.05, 3.63) is 11.4 Å². The summed E-state index contributed by atoms with van der Waals surface area (Å²) in [6, 6.07) is 0.149. The van der Waals surface area contributed by atoms with Gasteiger partial charge in [-0.2, -0.15) is 5.21 Å². The standard InChI is InChI=1S/C8H10N4O3/c13-7(9-4-2-1-3-4)5-6(8(14)15)11-12-10-5/h4H,1-3H2,(H,9,13)(H,14,15)(H,10,11,12). The van der Waals surface area contributed by atoms with Crippen LogP contribution in [0.4, 0.5) is 0 Å². The van der Waals surface area contributed by atoms with Crippen LogP contribution in [0.2, 0.25) is 0 Å². The van der Waals surface area contributed by atoms with Crippen molar-refractivity contribution >= 4 is 11.9 Å². The quantitative estimate of drug-likeness (QED) is 0.639. The smallest absolute Gasteiger partial charge is 0.358 e. The number of hydrogen-bond donors (Lipinski definition) is 3. The van der Waals surface area contributed by atoms with Crippen molar-refractivity contribution in [2.45, 2.75) is 25.3 Å². The van der Waals surface area contributed by atoms with Crippen molar-refractivity contribution in [1.29, 1.82) is 0 Å². The van der Waals surface area contributed by atoms with Crippen LogP contribution < -0.4 is 5.32 Å². The molecule has 0 radical (unpaired) electrons. The molecule has 1 fully saturated rings.